The molecule has 7 heteroatoms. The van der Waals surface area contributed by atoms with E-state index in [4.69, 9.17) is 4.74 Å². The number of hydrogen-bond acceptors (Lipinski definition) is 4. The molecule has 1 aromatic carbocycles. The van der Waals surface area contributed by atoms with Gasteiger partial charge in [0.1, 0.15) is 12.3 Å². The third kappa shape index (κ3) is 3.35. The summed E-state index contributed by atoms with van der Waals surface area (Å²) in [7, 11) is 1.89. The molecule has 2 heterocycles. The van der Waals surface area contributed by atoms with Crippen molar-refractivity contribution in [2.24, 2.45) is 0 Å². The summed E-state index contributed by atoms with van der Waals surface area (Å²) < 4.78 is 6.34. The highest BCUT2D eigenvalue weighted by atomic mass is 79.9. The molecule has 1 aromatic rings. The van der Waals surface area contributed by atoms with E-state index in [0.29, 0.717) is 11.4 Å². The first-order valence-electron chi connectivity index (χ1n) is 7.77. The second-order valence-corrected chi connectivity index (χ2v) is 6.74. The molecule has 2 aliphatic heterocycles. The molecule has 3 rings (SSSR count). The molecule has 2 amide bonds. The van der Waals surface area contributed by atoms with Crippen molar-refractivity contribution < 1.29 is 14.3 Å². The van der Waals surface area contributed by atoms with Gasteiger partial charge in [0, 0.05) is 23.6 Å². The highest BCUT2D eigenvalue weighted by Crippen LogP contribution is 2.34. The van der Waals surface area contributed by atoms with Gasteiger partial charge in [-0.2, -0.15) is 0 Å². The summed E-state index contributed by atoms with van der Waals surface area (Å²) in [6.45, 7) is 1.58. The fraction of sp³-hybridized carbons (Fsp3) is 0.500. The molecular weight excluding hydrogens is 362 g/mol. The second kappa shape index (κ2) is 6.88. The number of rotatable bonds is 4. The summed E-state index contributed by atoms with van der Waals surface area (Å²) in [6, 6.07) is 5.68. The van der Waals surface area contributed by atoms with Gasteiger partial charge in [0.05, 0.1) is 5.69 Å². The summed E-state index contributed by atoms with van der Waals surface area (Å²) in [5.41, 5.74) is 0.655. The van der Waals surface area contributed by atoms with E-state index in [1.54, 1.807) is 6.07 Å². The molecule has 0 radical (unpaired) electrons. The highest BCUT2D eigenvalue weighted by molar-refractivity contribution is 9.10. The summed E-state index contributed by atoms with van der Waals surface area (Å²) in [5, 5.41) is 3.13. The fourth-order valence-corrected chi connectivity index (χ4v) is 3.53. The quantitative estimate of drug-likeness (QED) is 0.855. The van der Waals surface area contributed by atoms with Crippen LogP contribution >= 0.6 is 15.9 Å². The number of likely N-dealkylation sites (N-methyl/N-ethyl adjacent to an activating group) is 1. The topological polar surface area (TPSA) is 61.9 Å². The number of nitrogens with one attached hydrogen (secondary N) is 1. The average Bonchev–Trinajstić information content (AvgIpc) is 2.99. The molecule has 2 aliphatic rings. The van der Waals surface area contributed by atoms with Crippen molar-refractivity contribution in [3.05, 3.63) is 22.7 Å². The van der Waals surface area contributed by atoms with Gasteiger partial charge in [-0.15, -0.1) is 0 Å². The van der Waals surface area contributed by atoms with Crippen molar-refractivity contribution in [1.29, 1.82) is 0 Å². The Kier molecular flexibility index (Phi) is 4.87. The number of anilines is 1. The zero-order valence-electron chi connectivity index (χ0n) is 13.0. The molecule has 0 aliphatic carbocycles. The summed E-state index contributed by atoms with van der Waals surface area (Å²) >= 11 is 3.39. The van der Waals surface area contributed by atoms with Gasteiger partial charge in [0.15, 0.2) is 6.61 Å². The molecule has 1 N–H and O–H groups in total. The van der Waals surface area contributed by atoms with Crippen LogP contribution in [0.4, 0.5) is 5.69 Å². The predicted molar refractivity (Wildman–Crippen MR) is 90.7 cm³/mol. The number of halogens is 1. The Balaban J connectivity index is 1.77. The van der Waals surface area contributed by atoms with Crippen molar-refractivity contribution in [3.63, 3.8) is 0 Å². The molecule has 124 valence electrons. The minimum absolute atomic E-state index is 0.00753. The lowest BCUT2D eigenvalue weighted by Crippen LogP contribution is -2.49. The maximum Gasteiger partial charge on any atom is 0.265 e. The molecule has 1 saturated heterocycles. The molecule has 1 unspecified atom stereocenters. The predicted octanol–water partition coefficient (Wildman–Crippen LogP) is 1.38. The SMILES string of the molecule is CNCC1CCCN1C(=O)CN1C(=O)COc2cc(Br)ccc21. The number of carbonyl (C=O) groups is 2. The van der Waals surface area contributed by atoms with E-state index in [1.165, 1.54) is 4.90 Å². The number of nitrogens with zero attached hydrogens (tertiary/aromatic N) is 2. The van der Waals surface area contributed by atoms with Crippen LogP contribution in [0.25, 0.3) is 0 Å². The highest BCUT2D eigenvalue weighted by Gasteiger charge is 2.33. The monoisotopic (exact) mass is 381 g/mol. The molecule has 0 bridgehead atoms. The van der Waals surface area contributed by atoms with Gasteiger partial charge in [-0.1, -0.05) is 15.9 Å². The molecule has 1 fully saturated rings. The first kappa shape index (κ1) is 16.3. The van der Waals surface area contributed by atoms with Crippen LogP contribution in [0.2, 0.25) is 0 Å². The molecule has 1 atom stereocenters. The van der Waals surface area contributed by atoms with Gasteiger partial charge >= 0.3 is 0 Å². The molecule has 23 heavy (non-hydrogen) atoms. The van der Waals surface area contributed by atoms with E-state index >= 15 is 0 Å². The minimum atomic E-state index is -0.183. The Morgan fingerprint density at radius 3 is 3.09 bits per heavy atom. The Bertz CT molecular complexity index is 623. The standard InChI is InChI=1S/C16H20BrN3O3/c1-18-8-12-3-2-6-19(12)15(21)9-20-13-5-4-11(17)7-14(13)23-10-16(20)22/h4-5,7,12,18H,2-3,6,8-10H2,1H3. The Hall–Kier alpha value is -1.60. The van der Waals surface area contributed by atoms with Gasteiger partial charge < -0.3 is 15.0 Å². The van der Waals surface area contributed by atoms with Crippen LogP contribution in [0.5, 0.6) is 5.75 Å². The van der Waals surface area contributed by atoms with Gasteiger partial charge in [-0.3, -0.25) is 14.5 Å². The summed E-state index contributed by atoms with van der Waals surface area (Å²) in [5.74, 6) is 0.435. The van der Waals surface area contributed by atoms with Crippen LogP contribution in [0, 0.1) is 0 Å². The van der Waals surface area contributed by atoms with Crippen molar-refractivity contribution in [2.75, 3.05) is 38.2 Å². The lowest BCUT2D eigenvalue weighted by atomic mass is 10.2. The van der Waals surface area contributed by atoms with Gasteiger partial charge in [-0.25, -0.2) is 0 Å². The molecule has 0 aromatic heterocycles. The largest absolute Gasteiger partial charge is 0.482 e. The zero-order chi connectivity index (χ0) is 16.4. The van der Waals surface area contributed by atoms with Crippen molar-refractivity contribution in [3.8, 4) is 5.75 Å². The Morgan fingerprint density at radius 2 is 2.30 bits per heavy atom. The second-order valence-electron chi connectivity index (χ2n) is 5.82. The Morgan fingerprint density at radius 1 is 1.48 bits per heavy atom. The molecule has 6 nitrogen and oxygen atoms in total. The number of fused-ring (bicyclic) bond motifs is 1. The number of benzene rings is 1. The van der Waals surface area contributed by atoms with Gasteiger partial charge in [-0.05, 0) is 38.1 Å². The average molecular weight is 382 g/mol. The Labute approximate surface area is 143 Å². The number of hydrogen-bond donors (Lipinski definition) is 1. The smallest absolute Gasteiger partial charge is 0.265 e. The number of ether oxygens (including phenoxy) is 1. The molecule has 0 spiro atoms. The molecule has 0 saturated carbocycles. The number of likely N-dealkylation sites (tertiary alicyclic amines) is 1. The fourth-order valence-electron chi connectivity index (χ4n) is 3.19. The number of amides is 2. The van der Waals surface area contributed by atoms with Crippen molar-refractivity contribution >= 4 is 33.4 Å². The van der Waals surface area contributed by atoms with Gasteiger partial charge in [0.25, 0.3) is 5.91 Å². The van der Waals surface area contributed by atoms with E-state index in [-0.39, 0.29) is 31.0 Å². The normalized spacial score (nSPS) is 20.4. The maximum atomic E-state index is 12.7. The van der Waals surface area contributed by atoms with Crippen LogP contribution in [-0.4, -0.2) is 56.0 Å². The first-order valence-corrected chi connectivity index (χ1v) is 8.56. The summed E-state index contributed by atoms with van der Waals surface area (Å²) in [4.78, 5) is 28.3. The van der Waals surface area contributed by atoms with E-state index in [2.05, 4.69) is 21.2 Å². The van der Waals surface area contributed by atoms with Crippen LogP contribution in [0.1, 0.15) is 12.8 Å². The third-order valence-corrected chi connectivity index (χ3v) is 4.79. The van der Waals surface area contributed by atoms with Gasteiger partial charge in [0.2, 0.25) is 5.91 Å². The lowest BCUT2D eigenvalue weighted by Gasteiger charge is -2.32. The van der Waals surface area contributed by atoms with E-state index in [0.717, 1.165) is 30.4 Å². The van der Waals surface area contributed by atoms with Crippen LogP contribution in [-0.2, 0) is 9.59 Å². The van der Waals surface area contributed by atoms with E-state index < -0.39 is 0 Å². The maximum absolute atomic E-state index is 12.7. The summed E-state index contributed by atoms with van der Waals surface area (Å²) in [6.07, 6.45) is 2.02. The van der Waals surface area contributed by atoms with Crippen LogP contribution < -0.4 is 15.0 Å². The number of carbonyl (C=O) groups excluding carboxylic acids is 2. The van der Waals surface area contributed by atoms with Crippen molar-refractivity contribution in [2.45, 2.75) is 18.9 Å². The zero-order valence-corrected chi connectivity index (χ0v) is 14.6. The van der Waals surface area contributed by atoms with E-state index in [1.807, 2.05) is 24.1 Å². The van der Waals surface area contributed by atoms with E-state index in [9.17, 15) is 9.59 Å². The van der Waals surface area contributed by atoms with Crippen LogP contribution in [0.15, 0.2) is 22.7 Å². The van der Waals surface area contributed by atoms with Crippen LogP contribution in [0.3, 0.4) is 0 Å². The minimum Gasteiger partial charge on any atom is -0.482 e. The van der Waals surface area contributed by atoms with Crippen molar-refractivity contribution in [1.82, 2.24) is 10.2 Å². The lowest BCUT2D eigenvalue weighted by molar-refractivity contribution is -0.132. The third-order valence-electron chi connectivity index (χ3n) is 4.30. The molecular formula is C16H20BrN3O3. The first-order chi connectivity index (χ1) is 11.1.